The van der Waals surface area contributed by atoms with E-state index in [1.165, 1.54) is 62.3 Å². The normalized spacial score (nSPS) is 41.3. The van der Waals surface area contributed by atoms with Crippen molar-refractivity contribution in [2.75, 3.05) is 6.54 Å². The average molecular weight is 603 g/mol. The molecule has 0 aliphatic heterocycles. The third kappa shape index (κ3) is 4.67. The zero-order valence-corrected chi connectivity index (χ0v) is 27.3. The molecule has 0 bridgehead atoms. The fraction of sp³-hybridized carbons (Fsp3) is 0.676. The summed E-state index contributed by atoms with van der Waals surface area (Å²) in [5.74, 6) is 2.06. The van der Waals surface area contributed by atoms with Crippen molar-refractivity contribution in [1.29, 1.82) is 0 Å². The van der Waals surface area contributed by atoms with Crippen molar-refractivity contribution in [1.82, 2.24) is 10.6 Å². The summed E-state index contributed by atoms with van der Waals surface area (Å²) in [4.78, 5) is 24.5. The molecule has 6 unspecified atom stereocenters. The predicted molar refractivity (Wildman–Crippen MR) is 175 cm³/mol. The first-order valence-corrected chi connectivity index (χ1v) is 17.1. The molecule has 1 aromatic carbocycles. The zero-order valence-electron chi connectivity index (χ0n) is 27.3. The highest BCUT2D eigenvalue weighted by molar-refractivity contribution is 5.88. The Morgan fingerprint density at radius 2 is 1.70 bits per heavy atom. The first-order valence-electron chi connectivity index (χ1n) is 17.1. The zero-order chi connectivity index (χ0) is 31.5. The summed E-state index contributed by atoms with van der Waals surface area (Å²) in [5.41, 5.74) is 15.5. The molecular formula is C37H54N4O3. The fourth-order valence-electron chi connectivity index (χ4n) is 11.9. The van der Waals surface area contributed by atoms with Crippen molar-refractivity contribution in [3.63, 3.8) is 0 Å². The van der Waals surface area contributed by atoms with Crippen LogP contribution in [-0.4, -0.2) is 29.2 Å². The van der Waals surface area contributed by atoms with Gasteiger partial charge < -0.3 is 27.2 Å². The number of carbonyl (C=O) groups is 2. The summed E-state index contributed by atoms with van der Waals surface area (Å²) in [6, 6.07) is 7.45. The number of hydrogen-bond donors (Lipinski definition) is 5. The van der Waals surface area contributed by atoms with Crippen LogP contribution in [0.4, 0.5) is 4.79 Å². The van der Waals surface area contributed by atoms with Gasteiger partial charge in [-0.3, -0.25) is 0 Å². The van der Waals surface area contributed by atoms with Gasteiger partial charge in [0.05, 0.1) is 5.56 Å². The highest BCUT2D eigenvalue weighted by Crippen LogP contribution is 2.75. The molecule has 0 saturated heterocycles. The number of nitrogens with two attached hydrogens (primary N) is 2. The Kier molecular flexibility index (Phi) is 7.85. The summed E-state index contributed by atoms with van der Waals surface area (Å²) >= 11 is 0. The fourth-order valence-corrected chi connectivity index (χ4v) is 11.9. The van der Waals surface area contributed by atoms with Crippen molar-refractivity contribution < 1.29 is 14.7 Å². The van der Waals surface area contributed by atoms with Crippen LogP contribution in [-0.2, 0) is 0 Å². The van der Waals surface area contributed by atoms with Crippen molar-refractivity contribution >= 4 is 17.6 Å². The number of benzene rings is 1. The largest absolute Gasteiger partial charge is 0.478 e. The molecule has 7 nitrogen and oxygen atoms in total. The minimum absolute atomic E-state index is 0.0605. The van der Waals surface area contributed by atoms with E-state index in [1.807, 2.05) is 12.1 Å². The van der Waals surface area contributed by atoms with Gasteiger partial charge in [-0.15, -0.1) is 0 Å². The predicted octanol–water partition coefficient (Wildman–Crippen LogP) is 7.04. The number of hydrogen-bond acceptors (Lipinski definition) is 4. The van der Waals surface area contributed by atoms with Crippen molar-refractivity contribution in [3.05, 3.63) is 53.4 Å². The molecule has 5 aliphatic rings. The Hall–Kier alpha value is -2.96. The second-order valence-electron chi connectivity index (χ2n) is 15.8. The molecule has 5 aliphatic carbocycles. The van der Waals surface area contributed by atoms with Gasteiger partial charge in [0.1, 0.15) is 0 Å². The first-order chi connectivity index (χ1) is 20.9. The van der Waals surface area contributed by atoms with Gasteiger partial charge in [-0.1, -0.05) is 52.3 Å². The summed E-state index contributed by atoms with van der Waals surface area (Å²) in [5, 5.41) is 15.9. The van der Waals surface area contributed by atoms with E-state index in [9.17, 15) is 14.7 Å². The summed E-state index contributed by atoms with van der Waals surface area (Å²) in [6.07, 6.45) is 16.3. The van der Waals surface area contributed by atoms with Crippen LogP contribution in [0.5, 0.6) is 0 Å². The van der Waals surface area contributed by atoms with Gasteiger partial charge in [-0.2, -0.15) is 0 Å². The number of rotatable bonds is 6. The number of fused-ring (bicyclic) bond motifs is 7. The molecular weight excluding hydrogens is 548 g/mol. The van der Waals surface area contributed by atoms with Crippen LogP contribution < -0.4 is 22.1 Å². The van der Waals surface area contributed by atoms with Gasteiger partial charge in [0.25, 0.3) is 0 Å². The van der Waals surface area contributed by atoms with Crippen molar-refractivity contribution in [2.24, 2.45) is 57.3 Å². The average Bonchev–Trinajstić information content (AvgIpc) is 3.41. The van der Waals surface area contributed by atoms with E-state index in [0.29, 0.717) is 53.8 Å². The second kappa shape index (κ2) is 11.1. The second-order valence-corrected chi connectivity index (χ2v) is 15.8. The summed E-state index contributed by atoms with van der Waals surface area (Å²) < 4.78 is 0. The van der Waals surface area contributed by atoms with Gasteiger partial charge >= 0.3 is 12.0 Å². The lowest BCUT2D eigenvalue weighted by molar-refractivity contribution is -0.210. The highest BCUT2D eigenvalue weighted by atomic mass is 16.4. The maximum absolute atomic E-state index is 13.1. The van der Waals surface area contributed by atoms with E-state index in [2.05, 4.69) is 44.4 Å². The standard InChI is InChI=1S/C37H54N4O3/c1-23-27(24-7-9-25(10-8-24)32(42)43)13-17-34(2)28(23)14-18-36(4)31(34)12-11-29-30-6-5-16-37(30,20-19-35(29,36)3)41-33(44)40-21-15-26(39)22-38/h7-10,13,22-23,28-31H,5-6,11-12,14-21,38-39H2,1-4H3,(H,42,43)(H2,40,41,44)/b26-22-/t23?,28?,29-,30?,31?,34+,35-,36?,37?/m1/s1. The molecule has 6 rings (SSSR count). The van der Waals surface area contributed by atoms with Crippen LogP contribution in [0, 0.1) is 45.8 Å². The number of amides is 2. The molecule has 0 heterocycles. The van der Waals surface area contributed by atoms with E-state index in [1.54, 1.807) is 12.1 Å². The molecule has 1 aromatic rings. The van der Waals surface area contributed by atoms with E-state index in [0.717, 1.165) is 19.3 Å². The molecule has 44 heavy (non-hydrogen) atoms. The summed E-state index contributed by atoms with van der Waals surface area (Å²) in [6.45, 7) is 10.8. The third-order valence-corrected chi connectivity index (χ3v) is 14.3. The van der Waals surface area contributed by atoms with Crippen LogP contribution in [0.15, 0.2) is 42.2 Å². The van der Waals surface area contributed by atoms with E-state index in [-0.39, 0.29) is 27.8 Å². The quantitative estimate of drug-likeness (QED) is 0.238. The van der Waals surface area contributed by atoms with E-state index in [4.69, 9.17) is 11.5 Å². The molecule has 7 N–H and O–H groups in total. The molecule has 0 spiro atoms. The van der Waals surface area contributed by atoms with Gasteiger partial charge in [0.2, 0.25) is 0 Å². The SMILES string of the molecule is CC1C(c2ccc(C(=O)O)cc2)=CC[C@@]2(C)C1CCC1(C)C2CC[C@@H]2C3CCCC3(NC(=O)NCC/C(N)=C/N)CC[C@]21C. The van der Waals surface area contributed by atoms with E-state index < -0.39 is 5.97 Å². The number of urea groups is 1. The van der Waals surface area contributed by atoms with Crippen LogP contribution in [0.25, 0.3) is 5.57 Å². The summed E-state index contributed by atoms with van der Waals surface area (Å²) in [7, 11) is 0. The number of aromatic carboxylic acids is 1. The Balaban J connectivity index is 1.22. The maximum atomic E-state index is 13.1. The van der Waals surface area contributed by atoms with Gasteiger partial charge in [0.15, 0.2) is 0 Å². The molecule has 0 aromatic heterocycles. The molecule has 7 heteroatoms. The Morgan fingerprint density at radius 3 is 2.41 bits per heavy atom. The molecule has 4 fully saturated rings. The van der Waals surface area contributed by atoms with Gasteiger partial charge in [-0.05, 0) is 127 Å². The number of carboxylic acid groups (broad SMARTS) is 1. The number of allylic oxidation sites excluding steroid dienone is 2. The maximum Gasteiger partial charge on any atom is 0.335 e. The molecule has 2 amide bonds. The van der Waals surface area contributed by atoms with Crippen LogP contribution in [0.2, 0.25) is 0 Å². The molecule has 0 radical (unpaired) electrons. The topological polar surface area (TPSA) is 130 Å². The third-order valence-electron chi connectivity index (χ3n) is 14.3. The molecule has 240 valence electrons. The minimum Gasteiger partial charge on any atom is -0.478 e. The number of carboxylic acids is 1. The monoisotopic (exact) mass is 602 g/mol. The Bertz CT molecular complexity index is 1350. The van der Waals surface area contributed by atoms with Crippen LogP contribution in [0.1, 0.15) is 114 Å². The van der Waals surface area contributed by atoms with E-state index >= 15 is 0 Å². The van der Waals surface area contributed by atoms with Crippen LogP contribution >= 0.6 is 0 Å². The van der Waals surface area contributed by atoms with Gasteiger partial charge in [0, 0.05) is 30.4 Å². The Morgan fingerprint density at radius 1 is 0.955 bits per heavy atom. The lowest BCUT2D eigenvalue weighted by Gasteiger charge is -2.71. The minimum atomic E-state index is -0.872. The van der Waals surface area contributed by atoms with Crippen LogP contribution in [0.3, 0.4) is 0 Å². The molecule has 9 atom stereocenters. The lowest BCUT2D eigenvalue weighted by atomic mass is 9.34. The smallest absolute Gasteiger partial charge is 0.335 e. The van der Waals surface area contributed by atoms with Gasteiger partial charge in [-0.25, -0.2) is 9.59 Å². The lowest BCUT2D eigenvalue weighted by Crippen LogP contribution is -2.67. The number of nitrogens with one attached hydrogen (secondary N) is 2. The highest BCUT2D eigenvalue weighted by Gasteiger charge is 2.68. The van der Waals surface area contributed by atoms with Crippen molar-refractivity contribution in [2.45, 2.75) is 104 Å². The molecule has 4 saturated carbocycles. The first kappa shape index (κ1) is 31.0. The Labute approximate surface area is 263 Å². The van der Waals surface area contributed by atoms with Crippen molar-refractivity contribution in [3.8, 4) is 0 Å². The number of carbonyl (C=O) groups excluding carboxylic acids is 1.